The summed E-state index contributed by atoms with van der Waals surface area (Å²) in [5.41, 5.74) is 2.54. The summed E-state index contributed by atoms with van der Waals surface area (Å²) in [4.78, 5) is 23.2. The number of carbonyl (C=O) groups is 1. The number of likely N-dealkylation sites (tertiary alicyclic amines) is 1. The molecule has 0 atom stereocenters. The van der Waals surface area contributed by atoms with E-state index in [1.54, 1.807) is 6.20 Å². The van der Waals surface area contributed by atoms with Gasteiger partial charge in [0.2, 0.25) is 5.89 Å². The van der Waals surface area contributed by atoms with Crippen LogP contribution in [0.3, 0.4) is 0 Å². The molecule has 3 aromatic rings. The molecule has 4 rings (SSSR count). The summed E-state index contributed by atoms with van der Waals surface area (Å²) in [6.45, 7) is 3.07. The third-order valence-electron chi connectivity index (χ3n) is 5.37. The Bertz CT molecular complexity index is 903. The number of nitrogens with zero attached hydrogens (tertiary/aromatic N) is 3. The standard InChI is InChI=1S/C23H26N4O2/c28-23(25-15-20-8-4-5-11-24-20)21-17-29-22(26-21)16-27-12-9-19(10-13-27)14-18-6-2-1-3-7-18/h1-8,11,17,19H,9-10,12-16H2,(H,25,28). The highest BCUT2D eigenvalue weighted by molar-refractivity contribution is 5.91. The minimum atomic E-state index is -0.243. The van der Waals surface area contributed by atoms with Gasteiger partial charge < -0.3 is 9.73 Å². The number of amides is 1. The molecule has 0 aliphatic carbocycles. The van der Waals surface area contributed by atoms with E-state index in [-0.39, 0.29) is 5.91 Å². The van der Waals surface area contributed by atoms with Gasteiger partial charge in [0.25, 0.3) is 5.91 Å². The second-order valence-electron chi connectivity index (χ2n) is 7.54. The van der Waals surface area contributed by atoms with Crippen molar-refractivity contribution in [3.63, 3.8) is 0 Å². The normalized spacial score (nSPS) is 15.3. The fourth-order valence-corrected chi connectivity index (χ4v) is 3.74. The van der Waals surface area contributed by atoms with Crippen LogP contribution in [0.15, 0.2) is 65.4 Å². The first-order valence-electron chi connectivity index (χ1n) is 10.1. The predicted octanol–water partition coefficient (Wildman–Crippen LogP) is 3.45. The van der Waals surface area contributed by atoms with Crippen molar-refractivity contribution in [3.8, 4) is 0 Å². The summed E-state index contributed by atoms with van der Waals surface area (Å²) in [6.07, 6.45) is 6.64. The van der Waals surface area contributed by atoms with Crippen molar-refractivity contribution in [1.29, 1.82) is 0 Å². The van der Waals surface area contributed by atoms with Crippen LogP contribution in [-0.4, -0.2) is 33.9 Å². The van der Waals surface area contributed by atoms with E-state index in [1.807, 2.05) is 18.2 Å². The summed E-state index contributed by atoms with van der Waals surface area (Å²) in [5.74, 6) is 1.08. The summed E-state index contributed by atoms with van der Waals surface area (Å²) in [6, 6.07) is 16.3. The number of benzene rings is 1. The maximum atomic E-state index is 12.3. The van der Waals surface area contributed by atoms with Crippen LogP contribution in [0.4, 0.5) is 0 Å². The van der Waals surface area contributed by atoms with Crippen LogP contribution in [0.5, 0.6) is 0 Å². The Hall–Kier alpha value is -2.99. The van der Waals surface area contributed by atoms with Gasteiger partial charge in [-0.1, -0.05) is 36.4 Å². The molecule has 29 heavy (non-hydrogen) atoms. The molecule has 1 aliphatic heterocycles. The average molecular weight is 390 g/mol. The Kier molecular flexibility index (Phi) is 6.32. The fourth-order valence-electron chi connectivity index (χ4n) is 3.74. The highest BCUT2D eigenvalue weighted by atomic mass is 16.3. The van der Waals surface area contributed by atoms with E-state index in [0.717, 1.165) is 31.1 Å². The molecule has 1 aliphatic rings. The van der Waals surface area contributed by atoms with Gasteiger partial charge in [-0.15, -0.1) is 0 Å². The van der Waals surface area contributed by atoms with Crippen LogP contribution in [0.2, 0.25) is 0 Å². The Morgan fingerprint density at radius 3 is 2.66 bits per heavy atom. The molecule has 1 amide bonds. The molecule has 3 heterocycles. The van der Waals surface area contributed by atoms with Gasteiger partial charge in [-0.2, -0.15) is 0 Å². The number of nitrogens with one attached hydrogen (secondary N) is 1. The van der Waals surface area contributed by atoms with Crippen molar-refractivity contribution >= 4 is 5.91 Å². The lowest BCUT2D eigenvalue weighted by Crippen LogP contribution is -2.34. The molecule has 150 valence electrons. The zero-order valence-electron chi connectivity index (χ0n) is 16.5. The molecule has 1 aromatic carbocycles. The Morgan fingerprint density at radius 2 is 1.90 bits per heavy atom. The predicted molar refractivity (Wildman–Crippen MR) is 110 cm³/mol. The molecule has 0 bridgehead atoms. The first-order valence-corrected chi connectivity index (χ1v) is 10.1. The molecule has 2 aromatic heterocycles. The average Bonchev–Trinajstić information content (AvgIpc) is 3.23. The van der Waals surface area contributed by atoms with Gasteiger partial charge in [0, 0.05) is 6.20 Å². The number of pyridine rings is 1. The summed E-state index contributed by atoms with van der Waals surface area (Å²) in [7, 11) is 0. The number of oxazole rings is 1. The number of carbonyl (C=O) groups excluding carboxylic acids is 1. The number of aromatic nitrogens is 2. The molecular weight excluding hydrogens is 364 g/mol. The number of hydrogen-bond donors (Lipinski definition) is 1. The molecule has 1 fully saturated rings. The van der Waals surface area contributed by atoms with Crippen molar-refractivity contribution < 1.29 is 9.21 Å². The smallest absolute Gasteiger partial charge is 0.273 e. The topological polar surface area (TPSA) is 71.3 Å². The lowest BCUT2D eigenvalue weighted by atomic mass is 9.90. The van der Waals surface area contributed by atoms with Crippen LogP contribution < -0.4 is 5.32 Å². The van der Waals surface area contributed by atoms with Crippen molar-refractivity contribution in [2.75, 3.05) is 13.1 Å². The van der Waals surface area contributed by atoms with Gasteiger partial charge in [0.15, 0.2) is 5.69 Å². The van der Waals surface area contributed by atoms with Crippen LogP contribution in [0.1, 0.15) is 40.5 Å². The van der Waals surface area contributed by atoms with Crippen molar-refractivity contribution in [2.45, 2.75) is 32.4 Å². The summed E-state index contributed by atoms with van der Waals surface area (Å²) < 4.78 is 5.53. The molecular formula is C23H26N4O2. The highest BCUT2D eigenvalue weighted by Crippen LogP contribution is 2.22. The van der Waals surface area contributed by atoms with Crippen molar-refractivity contribution in [2.24, 2.45) is 5.92 Å². The quantitative estimate of drug-likeness (QED) is 0.669. The molecule has 1 saturated heterocycles. The van der Waals surface area contributed by atoms with Gasteiger partial charge in [0.05, 0.1) is 18.8 Å². The van der Waals surface area contributed by atoms with Crippen molar-refractivity contribution in [3.05, 3.63) is 83.8 Å². The fraction of sp³-hybridized carbons (Fsp3) is 0.348. The lowest BCUT2D eigenvalue weighted by Gasteiger charge is -2.31. The van der Waals surface area contributed by atoms with Crippen LogP contribution in [0, 0.1) is 5.92 Å². The molecule has 0 radical (unpaired) electrons. The second-order valence-corrected chi connectivity index (χ2v) is 7.54. The van der Waals surface area contributed by atoms with E-state index in [0.29, 0.717) is 24.7 Å². The maximum Gasteiger partial charge on any atom is 0.273 e. The summed E-state index contributed by atoms with van der Waals surface area (Å²) >= 11 is 0. The molecule has 0 spiro atoms. The molecule has 1 N–H and O–H groups in total. The van der Waals surface area contributed by atoms with E-state index >= 15 is 0 Å². The zero-order valence-corrected chi connectivity index (χ0v) is 16.5. The SMILES string of the molecule is O=C(NCc1ccccn1)c1coc(CN2CCC(Cc3ccccc3)CC2)n1. The Morgan fingerprint density at radius 1 is 1.10 bits per heavy atom. The van der Waals surface area contributed by atoms with Gasteiger partial charge >= 0.3 is 0 Å². The van der Waals surface area contributed by atoms with E-state index < -0.39 is 0 Å². The Balaban J connectivity index is 1.23. The minimum Gasteiger partial charge on any atom is -0.447 e. The minimum absolute atomic E-state index is 0.243. The van der Waals surface area contributed by atoms with Crippen LogP contribution in [-0.2, 0) is 19.5 Å². The van der Waals surface area contributed by atoms with E-state index in [9.17, 15) is 4.79 Å². The van der Waals surface area contributed by atoms with E-state index in [2.05, 4.69) is 50.5 Å². The summed E-state index contributed by atoms with van der Waals surface area (Å²) in [5, 5.41) is 2.82. The third kappa shape index (κ3) is 5.51. The van der Waals surface area contributed by atoms with Crippen LogP contribution in [0.25, 0.3) is 0 Å². The largest absolute Gasteiger partial charge is 0.447 e. The third-order valence-corrected chi connectivity index (χ3v) is 5.37. The Labute approximate surface area is 171 Å². The molecule has 0 unspecified atom stereocenters. The maximum absolute atomic E-state index is 12.3. The van der Waals surface area contributed by atoms with Gasteiger partial charge in [0.1, 0.15) is 6.26 Å². The number of piperidine rings is 1. The van der Waals surface area contributed by atoms with E-state index in [1.165, 1.54) is 24.7 Å². The van der Waals surface area contributed by atoms with Crippen LogP contribution >= 0.6 is 0 Å². The molecule has 6 heteroatoms. The number of hydrogen-bond acceptors (Lipinski definition) is 5. The molecule has 0 saturated carbocycles. The van der Waals surface area contributed by atoms with Gasteiger partial charge in [-0.05, 0) is 56.0 Å². The second kappa shape index (κ2) is 9.47. The monoisotopic (exact) mass is 390 g/mol. The first kappa shape index (κ1) is 19.3. The lowest BCUT2D eigenvalue weighted by molar-refractivity contribution is 0.0945. The first-order chi connectivity index (χ1) is 14.3. The van der Waals surface area contributed by atoms with Gasteiger partial charge in [-0.3, -0.25) is 14.7 Å². The highest BCUT2D eigenvalue weighted by Gasteiger charge is 2.21. The zero-order chi connectivity index (χ0) is 19.9. The van der Waals surface area contributed by atoms with Gasteiger partial charge in [-0.25, -0.2) is 4.98 Å². The number of rotatable bonds is 7. The van der Waals surface area contributed by atoms with Crippen molar-refractivity contribution in [1.82, 2.24) is 20.2 Å². The van der Waals surface area contributed by atoms with E-state index in [4.69, 9.17) is 4.42 Å². The molecule has 6 nitrogen and oxygen atoms in total.